The van der Waals surface area contributed by atoms with Crippen LogP contribution in [-0.2, 0) is 0 Å². The largest absolute Gasteiger partial charge is 0.497 e. The van der Waals surface area contributed by atoms with Gasteiger partial charge in [-0.15, -0.1) is 10.2 Å². The highest BCUT2D eigenvalue weighted by Gasteiger charge is 2.10. The van der Waals surface area contributed by atoms with Crippen molar-refractivity contribution < 1.29 is 14.6 Å². The number of methoxy groups -OCH3 is 1. The summed E-state index contributed by atoms with van der Waals surface area (Å²) in [5.41, 5.74) is 0.912. The van der Waals surface area contributed by atoms with Crippen molar-refractivity contribution in [3.63, 3.8) is 0 Å². The van der Waals surface area contributed by atoms with Crippen LogP contribution < -0.4 is 14.8 Å². The fourth-order valence-electron chi connectivity index (χ4n) is 2.04. The average molecular weight is 390 g/mol. The molecular formula is C18H19N3O3S2. The molecule has 0 unspecified atom stereocenters. The Morgan fingerprint density at radius 1 is 1.08 bits per heavy atom. The highest BCUT2D eigenvalue weighted by Crippen LogP contribution is 2.28. The van der Waals surface area contributed by atoms with Crippen LogP contribution >= 0.6 is 23.1 Å². The number of rotatable bonds is 9. The molecule has 0 aliphatic carbocycles. The predicted octanol–water partition coefficient (Wildman–Crippen LogP) is 3.82. The second kappa shape index (κ2) is 9.42. The first-order valence-electron chi connectivity index (χ1n) is 7.96. The van der Waals surface area contributed by atoms with Crippen molar-refractivity contribution in [2.24, 2.45) is 0 Å². The summed E-state index contributed by atoms with van der Waals surface area (Å²) in [5, 5.41) is 22.2. The number of aliphatic hydroxyl groups is 1. The average Bonchev–Trinajstić information content (AvgIpc) is 3.13. The molecule has 136 valence electrons. The molecule has 26 heavy (non-hydrogen) atoms. The van der Waals surface area contributed by atoms with Crippen LogP contribution in [0.15, 0.2) is 58.9 Å². The first kappa shape index (κ1) is 18.5. The van der Waals surface area contributed by atoms with Gasteiger partial charge in [0, 0.05) is 11.4 Å². The highest BCUT2D eigenvalue weighted by molar-refractivity contribution is 8.01. The van der Waals surface area contributed by atoms with E-state index in [1.807, 2.05) is 54.6 Å². The van der Waals surface area contributed by atoms with Gasteiger partial charge < -0.3 is 19.9 Å². The maximum absolute atomic E-state index is 10.0. The number of benzene rings is 2. The second-order valence-corrected chi connectivity index (χ2v) is 7.56. The smallest absolute Gasteiger partial charge is 0.210 e. The summed E-state index contributed by atoms with van der Waals surface area (Å²) in [7, 11) is 1.63. The molecule has 6 nitrogen and oxygen atoms in total. The molecular weight excluding hydrogens is 370 g/mol. The van der Waals surface area contributed by atoms with Crippen LogP contribution in [0.1, 0.15) is 0 Å². The van der Waals surface area contributed by atoms with Crippen LogP contribution in [0.25, 0.3) is 0 Å². The molecule has 1 aromatic heterocycles. The van der Waals surface area contributed by atoms with Gasteiger partial charge in [0.15, 0.2) is 4.34 Å². The molecule has 1 atom stereocenters. The molecule has 0 fully saturated rings. The molecule has 0 aliphatic rings. The topological polar surface area (TPSA) is 76.5 Å². The van der Waals surface area contributed by atoms with Crippen LogP contribution in [0, 0.1) is 0 Å². The molecule has 3 rings (SSSR count). The normalized spacial score (nSPS) is 11.8. The van der Waals surface area contributed by atoms with Gasteiger partial charge in [-0.25, -0.2) is 0 Å². The van der Waals surface area contributed by atoms with E-state index in [2.05, 4.69) is 15.5 Å². The van der Waals surface area contributed by atoms with Gasteiger partial charge in [0.2, 0.25) is 5.13 Å². The third-order valence-corrected chi connectivity index (χ3v) is 5.45. The number of thioether (sulfide) groups is 1. The molecule has 1 heterocycles. The summed E-state index contributed by atoms with van der Waals surface area (Å²) in [4.78, 5) is 0. The molecule has 3 aromatic rings. The van der Waals surface area contributed by atoms with Gasteiger partial charge >= 0.3 is 0 Å². The summed E-state index contributed by atoms with van der Waals surface area (Å²) in [6, 6.07) is 17.0. The Labute approximate surface area is 160 Å². The third kappa shape index (κ3) is 5.62. The van der Waals surface area contributed by atoms with Crippen molar-refractivity contribution in [3.05, 3.63) is 54.6 Å². The second-order valence-electron chi connectivity index (χ2n) is 5.32. The lowest BCUT2D eigenvalue weighted by atomic mass is 10.3. The minimum absolute atomic E-state index is 0.243. The van der Waals surface area contributed by atoms with E-state index >= 15 is 0 Å². The Hall–Kier alpha value is -2.29. The Morgan fingerprint density at radius 2 is 1.85 bits per heavy atom. The van der Waals surface area contributed by atoms with E-state index in [4.69, 9.17) is 9.47 Å². The van der Waals surface area contributed by atoms with Crippen molar-refractivity contribution in [2.45, 2.75) is 10.4 Å². The van der Waals surface area contributed by atoms with Crippen molar-refractivity contribution in [3.8, 4) is 11.5 Å². The molecule has 2 N–H and O–H groups in total. The van der Waals surface area contributed by atoms with Crippen LogP contribution in [0.2, 0.25) is 0 Å². The van der Waals surface area contributed by atoms with Gasteiger partial charge in [-0.2, -0.15) is 0 Å². The zero-order chi connectivity index (χ0) is 18.2. The number of hydrogen-bond donors (Lipinski definition) is 2. The van der Waals surface area contributed by atoms with E-state index in [0.29, 0.717) is 10.9 Å². The Kier molecular flexibility index (Phi) is 6.70. The van der Waals surface area contributed by atoms with Gasteiger partial charge in [-0.1, -0.05) is 41.3 Å². The maximum Gasteiger partial charge on any atom is 0.210 e. The molecule has 0 saturated heterocycles. The number of hydrogen-bond acceptors (Lipinski definition) is 8. The van der Waals surface area contributed by atoms with Gasteiger partial charge in [-0.3, -0.25) is 0 Å². The number of nitrogens with zero attached hydrogens (tertiary/aromatic N) is 2. The van der Waals surface area contributed by atoms with Gasteiger partial charge in [0.1, 0.15) is 18.1 Å². The van der Waals surface area contributed by atoms with Gasteiger partial charge in [-0.05, 0) is 36.4 Å². The van der Waals surface area contributed by atoms with Crippen LogP contribution in [0.3, 0.4) is 0 Å². The quantitative estimate of drug-likeness (QED) is 0.539. The maximum atomic E-state index is 10.0. The number of ether oxygens (including phenoxy) is 2. The van der Waals surface area contributed by atoms with E-state index < -0.39 is 6.10 Å². The summed E-state index contributed by atoms with van der Waals surface area (Å²) in [6.45, 7) is 0.243. The highest BCUT2D eigenvalue weighted by atomic mass is 32.2. The molecule has 2 aromatic carbocycles. The molecule has 0 spiro atoms. The van der Waals surface area contributed by atoms with Crippen molar-refractivity contribution in [2.75, 3.05) is 24.8 Å². The fourth-order valence-corrected chi connectivity index (χ4v) is 3.75. The fraction of sp³-hybridized carbons (Fsp3) is 0.222. The number of anilines is 2. The number of aliphatic hydroxyl groups excluding tert-OH is 1. The first-order valence-corrected chi connectivity index (χ1v) is 9.76. The predicted molar refractivity (Wildman–Crippen MR) is 105 cm³/mol. The number of nitrogens with one attached hydrogen (secondary N) is 1. The van der Waals surface area contributed by atoms with E-state index in [0.717, 1.165) is 21.5 Å². The third-order valence-electron chi connectivity index (χ3n) is 3.33. The molecule has 8 heteroatoms. The first-order chi connectivity index (χ1) is 12.7. The Bertz CT molecular complexity index is 797. The molecule has 0 amide bonds. The van der Waals surface area contributed by atoms with Crippen molar-refractivity contribution in [1.82, 2.24) is 10.2 Å². The zero-order valence-corrected chi connectivity index (χ0v) is 15.8. The van der Waals surface area contributed by atoms with E-state index in [-0.39, 0.29) is 6.61 Å². The molecule has 0 radical (unpaired) electrons. The number of aromatic nitrogens is 2. The lowest BCUT2D eigenvalue weighted by molar-refractivity contribution is 0.126. The van der Waals surface area contributed by atoms with Crippen LogP contribution in [0.4, 0.5) is 10.8 Å². The van der Waals surface area contributed by atoms with E-state index in [1.165, 1.54) is 23.1 Å². The number of para-hydroxylation sites is 1. The molecule has 0 bridgehead atoms. The molecule has 0 aliphatic heterocycles. The lowest BCUT2D eigenvalue weighted by Gasteiger charge is -2.10. The standard InChI is InChI=1S/C18H19N3O3S2/c1-23-15-9-7-13(8-10-15)19-17-20-21-18(26-17)25-12-14(22)11-24-16-5-3-2-4-6-16/h2-10,14,22H,11-12H2,1H3,(H,19,20)/t14-/m1/s1. The van der Waals surface area contributed by atoms with Gasteiger partial charge in [0.05, 0.1) is 13.2 Å². The molecule has 0 saturated carbocycles. The minimum Gasteiger partial charge on any atom is -0.497 e. The van der Waals surface area contributed by atoms with Crippen LogP contribution in [0.5, 0.6) is 11.5 Å². The zero-order valence-electron chi connectivity index (χ0n) is 14.2. The SMILES string of the molecule is COc1ccc(Nc2nnc(SC[C@H](O)COc3ccccc3)s2)cc1. The minimum atomic E-state index is -0.581. The Balaban J connectivity index is 1.44. The van der Waals surface area contributed by atoms with E-state index in [1.54, 1.807) is 7.11 Å². The summed E-state index contributed by atoms with van der Waals surface area (Å²) in [6.07, 6.45) is -0.581. The monoisotopic (exact) mass is 389 g/mol. The van der Waals surface area contributed by atoms with Crippen molar-refractivity contribution >= 4 is 33.9 Å². The van der Waals surface area contributed by atoms with E-state index in [9.17, 15) is 5.11 Å². The summed E-state index contributed by atoms with van der Waals surface area (Å²) in [5.74, 6) is 2.04. The summed E-state index contributed by atoms with van der Waals surface area (Å²) < 4.78 is 11.5. The Morgan fingerprint density at radius 3 is 2.58 bits per heavy atom. The lowest BCUT2D eigenvalue weighted by Crippen LogP contribution is -2.19. The van der Waals surface area contributed by atoms with Crippen LogP contribution in [-0.4, -0.2) is 40.9 Å². The van der Waals surface area contributed by atoms with Crippen molar-refractivity contribution in [1.29, 1.82) is 0 Å². The summed E-state index contributed by atoms with van der Waals surface area (Å²) >= 11 is 2.90. The van der Waals surface area contributed by atoms with Gasteiger partial charge in [0.25, 0.3) is 0 Å².